The lowest BCUT2D eigenvalue weighted by Gasteiger charge is -2.37. The van der Waals surface area contributed by atoms with E-state index in [2.05, 4.69) is 0 Å². The summed E-state index contributed by atoms with van der Waals surface area (Å²) in [5, 5.41) is 0. The van der Waals surface area contributed by atoms with E-state index in [1.54, 1.807) is 4.31 Å². The molecule has 2 N–H and O–H groups in total. The highest BCUT2D eigenvalue weighted by Gasteiger charge is 2.37. The van der Waals surface area contributed by atoms with Gasteiger partial charge in [0.25, 0.3) is 0 Å². The molecule has 0 bridgehead atoms. The van der Waals surface area contributed by atoms with Crippen LogP contribution in [0.2, 0.25) is 0 Å². The van der Waals surface area contributed by atoms with E-state index in [4.69, 9.17) is 5.73 Å². The van der Waals surface area contributed by atoms with Crippen LogP contribution in [0.4, 0.5) is 0 Å². The molecule has 0 spiro atoms. The highest BCUT2D eigenvalue weighted by molar-refractivity contribution is 7.89. The highest BCUT2D eigenvalue weighted by atomic mass is 32.2. The molecule has 0 aromatic heterocycles. The fraction of sp³-hybridized carbons (Fsp3) is 1.00. The summed E-state index contributed by atoms with van der Waals surface area (Å²) in [7, 11) is -3.06. The Balaban J connectivity index is 2.08. The average Bonchev–Trinajstić information content (AvgIpc) is 3.01. The fourth-order valence-corrected chi connectivity index (χ4v) is 4.72. The van der Waals surface area contributed by atoms with Gasteiger partial charge in [-0.3, -0.25) is 0 Å². The summed E-state index contributed by atoms with van der Waals surface area (Å²) in [5.41, 5.74) is 5.89. The molecular formula is C11H22N2O2S. The van der Waals surface area contributed by atoms with Gasteiger partial charge in [0.1, 0.15) is 0 Å². The van der Waals surface area contributed by atoms with E-state index < -0.39 is 10.0 Å². The molecule has 16 heavy (non-hydrogen) atoms. The lowest BCUT2D eigenvalue weighted by Crippen LogP contribution is -2.52. The van der Waals surface area contributed by atoms with E-state index in [-0.39, 0.29) is 12.1 Å². The third-order valence-electron chi connectivity index (χ3n) is 3.61. The van der Waals surface area contributed by atoms with Gasteiger partial charge in [0.15, 0.2) is 0 Å². The Kier molecular flexibility index (Phi) is 3.56. The normalized spacial score (nSPS) is 30.2. The molecule has 2 unspecified atom stereocenters. The summed E-state index contributed by atoms with van der Waals surface area (Å²) >= 11 is 0. The van der Waals surface area contributed by atoms with Crippen LogP contribution in [-0.4, -0.2) is 37.1 Å². The second-order valence-corrected chi connectivity index (χ2v) is 7.22. The van der Waals surface area contributed by atoms with Crippen molar-refractivity contribution < 1.29 is 8.42 Å². The Morgan fingerprint density at radius 2 is 2.00 bits per heavy atom. The summed E-state index contributed by atoms with van der Waals surface area (Å²) in [4.78, 5) is 0. The number of sulfonamides is 1. The maximum atomic E-state index is 12.2. The summed E-state index contributed by atoms with van der Waals surface area (Å²) in [6, 6.07) is -0.0354. The third-order valence-corrected chi connectivity index (χ3v) is 5.67. The van der Waals surface area contributed by atoms with Gasteiger partial charge in [-0.05, 0) is 38.5 Å². The van der Waals surface area contributed by atoms with E-state index in [0.29, 0.717) is 18.2 Å². The monoisotopic (exact) mass is 246 g/mol. The van der Waals surface area contributed by atoms with Crippen molar-refractivity contribution in [1.82, 2.24) is 4.31 Å². The molecule has 0 aromatic carbocycles. The SMILES string of the molecule is CC(N)C1CCCCN1S(=O)(=O)CC1CC1. The minimum absolute atomic E-state index is 0.0255. The molecule has 2 rings (SSSR count). The Morgan fingerprint density at radius 1 is 1.31 bits per heavy atom. The molecule has 1 saturated carbocycles. The van der Waals surface area contributed by atoms with Crippen LogP contribution in [0.25, 0.3) is 0 Å². The zero-order valence-corrected chi connectivity index (χ0v) is 10.7. The molecule has 0 radical (unpaired) electrons. The van der Waals surface area contributed by atoms with Crippen molar-refractivity contribution in [3.8, 4) is 0 Å². The second kappa shape index (κ2) is 4.63. The molecule has 94 valence electrons. The lowest BCUT2D eigenvalue weighted by atomic mass is 10.00. The number of hydrogen-bond acceptors (Lipinski definition) is 3. The first-order valence-corrected chi connectivity index (χ1v) is 7.87. The van der Waals surface area contributed by atoms with E-state index >= 15 is 0 Å². The molecule has 0 amide bonds. The molecule has 5 heteroatoms. The number of hydrogen-bond donors (Lipinski definition) is 1. The molecule has 2 aliphatic rings. The zero-order valence-electron chi connectivity index (χ0n) is 9.93. The second-order valence-electron chi connectivity index (χ2n) is 5.25. The first kappa shape index (κ1) is 12.3. The summed E-state index contributed by atoms with van der Waals surface area (Å²) < 4.78 is 26.1. The molecule has 1 saturated heterocycles. The maximum Gasteiger partial charge on any atom is 0.214 e. The van der Waals surface area contributed by atoms with Crippen molar-refractivity contribution in [3.63, 3.8) is 0 Å². The molecule has 1 aliphatic carbocycles. The van der Waals surface area contributed by atoms with Crippen LogP contribution in [0.5, 0.6) is 0 Å². The third kappa shape index (κ3) is 2.76. The molecule has 1 heterocycles. The molecule has 2 fully saturated rings. The average molecular weight is 246 g/mol. The van der Waals surface area contributed by atoms with Gasteiger partial charge in [0.2, 0.25) is 10.0 Å². The summed E-state index contributed by atoms with van der Waals surface area (Å²) in [5.74, 6) is 0.761. The van der Waals surface area contributed by atoms with Gasteiger partial charge in [-0.25, -0.2) is 8.42 Å². The molecular weight excluding hydrogens is 224 g/mol. The number of rotatable bonds is 4. The zero-order chi connectivity index (χ0) is 11.8. The fourth-order valence-electron chi connectivity index (χ4n) is 2.48. The number of nitrogens with two attached hydrogens (primary N) is 1. The van der Waals surface area contributed by atoms with Crippen molar-refractivity contribution in [1.29, 1.82) is 0 Å². The molecule has 4 nitrogen and oxygen atoms in total. The first-order valence-electron chi connectivity index (χ1n) is 6.26. The van der Waals surface area contributed by atoms with Gasteiger partial charge in [0.05, 0.1) is 5.75 Å². The van der Waals surface area contributed by atoms with Crippen LogP contribution < -0.4 is 5.73 Å². The van der Waals surface area contributed by atoms with E-state index in [1.807, 2.05) is 6.92 Å². The molecule has 2 atom stereocenters. The van der Waals surface area contributed by atoms with E-state index in [1.165, 1.54) is 0 Å². The smallest absolute Gasteiger partial charge is 0.214 e. The van der Waals surface area contributed by atoms with Crippen LogP contribution in [-0.2, 0) is 10.0 Å². The van der Waals surface area contributed by atoms with Gasteiger partial charge >= 0.3 is 0 Å². The van der Waals surface area contributed by atoms with Crippen molar-refractivity contribution in [2.75, 3.05) is 12.3 Å². The Morgan fingerprint density at radius 3 is 2.56 bits per heavy atom. The quantitative estimate of drug-likeness (QED) is 0.802. The van der Waals surface area contributed by atoms with Crippen LogP contribution in [0.3, 0.4) is 0 Å². The van der Waals surface area contributed by atoms with Crippen molar-refractivity contribution in [3.05, 3.63) is 0 Å². The van der Waals surface area contributed by atoms with Gasteiger partial charge in [-0.1, -0.05) is 6.42 Å². The highest BCUT2D eigenvalue weighted by Crippen LogP contribution is 2.33. The van der Waals surface area contributed by atoms with Crippen LogP contribution >= 0.6 is 0 Å². The molecule has 1 aliphatic heterocycles. The number of nitrogens with zero attached hydrogens (tertiary/aromatic N) is 1. The van der Waals surface area contributed by atoms with Gasteiger partial charge in [0, 0.05) is 18.6 Å². The van der Waals surface area contributed by atoms with Crippen molar-refractivity contribution in [2.45, 2.75) is 51.1 Å². The van der Waals surface area contributed by atoms with Crippen LogP contribution in [0, 0.1) is 5.92 Å². The number of piperidine rings is 1. The lowest BCUT2D eigenvalue weighted by molar-refractivity contribution is 0.227. The topological polar surface area (TPSA) is 63.4 Å². The minimum atomic E-state index is -3.06. The van der Waals surface area contributed by atoms with Gasteiger partial charge < -0.3 is 5.73 Å². The van der Waals surface area contributed by atoms with Crippen molar-refractivity contribution >= 4 is 10.0 Å². The Hall–Kier alpha value is -0.130. The van der Waals surface area contributed by atoms with Crippen molar-refractivity contribution in [2.24, 2.45) is 11.7 Å². The van der Waals surface area contributed by atoms with Crippen LogP contribution in [0.1, 0.15) is 39.0 Å². The minimum Gasteiger partial charge on any atom is -0.326 e. The van der Waals surface area contributed by atoms with Gasteiger partial charge in [-0.2, -0.15) is 4.31 Å². The Bertz CT molecular complexity index is 336. The van der Waals surface area contributed by atoms with E-state index in [9.17, 15) is 8.42 Å². The van der Waals surface area contributed by atoms with E-state index in [0.717, 1.165) is 32.1 Å². The maximum absolute atomic E-state index is 12.2. The van der Waals surface area contributed by atoms with Gasteiger partial charge in [-0.15, -0.1) is 0 Å². The Labute approximate surface area is 98.2 Å². The summed E-state index contributed by atoms with van der Waals surface area (Å²) in [6.45, 7) is 2.58. The molecule has 0 aromatic rings. The standard InChI is InChI=1S/C11H22N2O2S/c1-9(12)11-4-2-3-7-13(11)16(14,15)8-10-5-6-10/h9-11H,2-8,12H2,1H3. The predicted octanol–water partition coefficient (Wildman–Crippen LogP) is 0.928. The van der Waals surface area contributed by atoms with Crippen LogP contribution in [0.15, 0.2) is 0 Å². The first-order chi connectivity index (χ1) is 7.50. The largest absolute Gasteiger partial charge is 0.326 e. The summed E-state index contributed by atoms with van der Waals surface area (Å²) in [6.07, 6.45) is 5.15. The predicted molar refractivity (Wildman–Crippen MR) is 64.5 cm³/mol.